The first-order valence-corrected chi connectivity index (χ1v) is 7.01. The summed E-state index contributed by atoms with van der Waals surface area (Å²) in [6.07, 6.45) is 0. The van der Waals surface area contributed by atoms with Crippen molar-refractivity contribution in [2.24, 2.45) is 5.41 Å². The molecule has 0 spiro atoms. The van der Waals surface area contributed by atoms with Gasteiger partial charge in [0.2, 0.25) is 0 Å². The monoisotopic (exact) mass is 383 g/mol. The Morgan fingerprint density at radius 2 is 1.90 bits per heavy atom. The highest BCUT2D eigenvalue weighted by atomic mass is 79.9. The summed E-state index contributed by atoms with van der Waals surface area (Å²) >= 11 is 12.0. The van der Waals surface area contributed by atoms with Crippen molar-refractivity contribution in [3.8, 4) is 5.75 Å². The van der Waals surface area contributed by atoms with Crippen LogP contribution >= 0.6 is 23.2 Å². The van der Waals surface area contributed by atoms with Gasteiger partial charge >= 0.3 is 0 Å². The van der Waals surface area contributed by atoms with Gasteiger partial charge in [0.15, 0.2) is 0 Å². The van der Waals surface area contributed by atoms with Crippen LogP contribution in [0.4, 0.5) is 0 Å². The standard InChI is InChI=1S/C14H20Cl2NO2.BrH/c1-17(2,3)7-14(8-18-9-14)10-19-13-5-4-11(15)6-12(13)16;/h4-6H,7-10H2,1-3H3;1H/q+1;/p-1. The zero-order valence-electron chi connectivity index (χ0n) is 12.0. The van der Waals surface area contributed by atoms with Crippen LogP contribution in [0.25, 0.3) is 0 Å². The maximum Gasteiger partial charge on any atom is 0.138 e. The molecule has 1 aliphatic rings. The summed E-state index contributed by atoms with van der Waals surface area (Å²) in [5.41, 5.74) is 0.0845. The van der Waals surface area contributed by atoms with Gasteiger partial charge in [0, 0.05) is 5.02 Å². The number of ether oxygens (including phenoxy) is 2. The Morgan fingerprint density at radius 3 is 2.35 bits per heavy atom. The zero-order valence-corrected chi connectivity index (χ0v) is 15.1. The molecule has 1 heterocycles. The minimum atomic E-state index is 0. The Hall–Kier alpha value is -0.000000000000000111. The third-order valence-electron chi connectivity index (χ3n) is 3.05. The van der Waals surface area contributed by atoms with Crippen molar-refractivity contribution in [1.82, 2.24) is 0 Å². The average Bonchev–Trinajstić information content (AvgIpc) is 2.22. The van der Waals surface area contributed by atoms with Gasteiger partial charge in [0.25, 0.3) is 0 Å². The summed E-state index contributed by atoms with van der Waals surface area (Å²) < 4.78 is 12.1. The van der Waals surface area contributed by atoms with Crippen LogP contribution in [0, 0.1) is 5.41 Å². The molecule has 0 aromatic heterocycles. The van der Waals surface area contributed by atoms with Gasteiger partial charge in [0.05, 0.1) is 51.3 Å². The van der Waals surface area contributed by atoms with E-state index in [1.165, 1.54) is 0 Å². The normalized spacial score (nSPS) is 17.1. The summed E-state index contributed by atoms with van der Waals surface area (Å²) in [4.78, 5) is 0. The number of hydrogen-bond acceptors (Lipinski definition) is 2. The number of rotatable bonds is 5. The van der Waals surface area contributed by atoms with Gasteiger partial charge in [-0.1, -0.05) is 23.2 Å². The molecule has 0 N–H and O–H groups in total. The van der Waals surface area contributed by atoms with E-state index < -0.39 is 0 Å². The molecule has 0 amide bonds. The van der Waals surface area contributed by atoms with Crippen LogP contribution in [0.15, 0.2) is 18.2 Å². The van der Waals surface area contributed by atoms with Crippen LogP contribution in [-0.2, 0) is 4.74 Å². The van der Waals surface area contributed by atoms with Crippen LogP contribution in [0.1, 0.15) is 0 Å². The summed E-state index contributed by atoms with van der Waals surface area (Å²) in [6.45, 7) is 3.11. The van der Waals surface area contributed by atoms with Crippen LogP contribution in [0.3, 0.4) is 0 Å². The van der Waals surface area contributed by atoms with Gasteiger partial charge in [0.1, 0.15) is 12.4 Å². The van der Waals surface area contributed by atoms with Crippen LogP contribution in [0.2, 0.25) is 10.0 Å². The van der Waals surface area contributed by atoms with Crippen molar-refractivity contribution in [3.05, 3.63) is 28.2 Å². The fraction of sp³-hybridized carbons (Fsp3) is 0.571. The number of benzene rings is 1. The Labute approximate surface area is 141 Å². The third kappa shape index (κ3) is 4.78. The van der Waals surface area contributed by atoms with E-state index >= 15 is 0 Å². The second-order valence-corrected chi connectivity index (χ2v) is 7.15. The molecule has 0 saturated carbocycles. The summed E-state index contributed by atoms with van der Waals surface area (Å²) in [7, 11) is 6.53. The molecule has 6 heteroatoms. The lowest BCUT2D eigenvalue weighted by Gasteiger charge is -2.44. The molecule has 20 heavy (non-hydrogen) atoms. The topological polar surface area (TPSA) is 18.5 Å². The van der Waals surface area contributed by atoms with Crippen molar-refractivity contribution in [2.75, 3.05) is 47.5 Å². The van der Waals surface area contributed by atoms with Gasteiger partial charge in [-0.05, 0) is 18.2 Å². The Bertz CT molecular complexity index is 459. The molecule has 1 fully saturated rings. The molecule has 0 aliphatic carbocycles. The number of nitrogens with zero attached hydrogens (tertiary/aromatic N) is 1. The lowest BCUT2D eigenvalue weighted by Crippen LogP contribution is -3.00. The molecular formula is C14H20BrCl2NO2. The third-order valence-corrected chi connectivity index (χ3v) is 3.58. The van der Waals surface area contributed by atoms with Crippen molar-refractivity contribution >= 4 is 23.2 Å². The van der Waals surface area contributed by atoms with E-state index in [4.69, 9.17) is 32.7 Å². The molecule has 1 saturated heterocycles. The first kappa shape index (κ1) is 18.1. The van der Waals surface area contributed by atoms with E-state index in [1.807, 2.05) is 6.07 Å². The quantitative estimate of drug-likeness (QED) is 0.670. The fourth-order valence-corrected chi connectivity index (χ4v) is 2.90. The lowest BCUT2D eigenvalue weighted by atomic mass is 9.86. The minimum absolute atomic E-state index is 0. The van der Waals surface area contributed by atoms with E-state index in [-0.39, 0.29) is 22.4 Å². The maximum atomic E-state index is 6.11. The average molecular weight is 385 g/mol. The van der Waals surface area contributed by atoms with E-state index in [0.717, 1.165) is 24.2 Å². The summed E-state index contributed by atoms with van der Waals surface area (Å²) in [5.74, 6) is 0.679. The highest BCUT2D eigenvalue weighted by Gasteiger charge is 2.44. The first-order valence-electron chi connectivity index (χ1n) is 6.26. The molecular weight excluding hydrogens is 365 g/mol. The fourth-order valence-electron chi connectivity index (χ4n) is 2.44. The van der Waals surface area contributed by atoms with Gasteiger partial charge in [-0.15, -0.1) is 0 Å². The minimum Gasteiger partial charge on any atom is -1.00 e. The summed E-state index contributed by atoms with van der Waals surface area (Å²) in [6, 6.07) is 5.29. The van der Waals surface area contributed by atoms with Crippen LogP contribution in [0.5, 0.6) is 5.75 Å². The summed E-state index contributed by atoms with van der Waals surface area (Å²) in [5, 5.41) is 1.17. The van der Waals surface area contributed by atoms with Crippen molar-refractivity contribution in [2.45, 2.75) is 0 Å². The number of halogens is 3. The van der Waals surface area contributed by atoms with Crippen LogP contribution in [-0.4, -0.2) is 52.0 Å². The zero-order chi connectivity index (χ0) is 14.1. The Kier molecular flexibility index (Phi) is 6.17. The van der Waals surface area contributed by atoms with Crippen molar-refractivity contribution < 1.29 is 30.9 Å². The molecule has 1 aromatic rings. The Morgan fingerprint density at radius 1 is 1.25 bits per heavy atom. The predicted molar refractivity (Wildman–Crippen MR) is 78.1 cm³/mol. The van der Waals surface area contributed by atoms with Gasteiger partial charge in [-0.2, -0.15) is 0 Å². The molecule has 1 aromatic carbocycles. The second kappa shape index (κ2) is 6.84. The smallest absolute Gasteiger partial charge is 0.138 e. The molecule has 0 unspecified atom stereocenters. The molecule has 1 aliphatic heterocycles. The van der Waals surface area contributed by atoms with Crippen molar-refractivity contribution in [3.63, 3.8) is 0 Å². The van der Waals surface area contributed by atoms with E-state index in [9.17, 15) is 0 Å². The Balaban J connectivity index is 0.00000200. The van der Waals surface area contributed by atoms with E-state index in [2.05, 4.69) is 21.1 Å². The highest BCUT2D eigenvalue weighted by molar-refractivity contribution is 6.35. The molecule has 3 nitrogen and oxygen atoms in total. The molecule has 0 bridgehead atoms. The molecule has 0 atom stereocenters. The second-order valence-electron chi connectivity index (χ2n) is 6.30. The first-order chi connectivity index (χ1) is 8.80. The molecule has 2 rings (SSSR count). The predicted octanol–water partition coefficient (Wildman–Crippen LogP) is 0.0990. The largest absolute Gasteiger partial charge is 1.00 e. The molecule has 114 valence electrons. The van der Waals surface area contributed by atoms with Crippen molar-refractivity contribution in [1.29, 1.82) is 0 Å². The lowest BCUT2D eigenvalue weighted by molar-refractivity contribution is -0.879. The highest BCUT2D eigenvalue weighted by Crippen LogP contribution is 2.33. The number of hydrogen-bond donors (Lipinski definition) is 0. The number of quaternary nitrogens is 1. The van der Waals surface area contributed by atoms with Gasteiger partial charge in [-0.3, -0.25) is 0 Å². The van der Waals surface area contributed by atoms with Crippen LogP contribution < -0.4 is 21.7 Å². The van der Waals surface area contributed by atoms with Gasteiger partial charge in [-0.25, -0.2) is 0 Å². The van der Waals surface area contributed by atoms with Gasteiger partial charge < -0.3 is 30.9 Å². The SMILES string of the molecule is C[N+](C)(C)CC1(COc2ccc(Cl)cc2Cl)COC1.[Br-]. The van der Waals surface area contributed by atoms with E-state index in [1.54, 1.807) is 12.1 Å². The molecule has 0 radical (unpaired) electrons. The van der Waals surface area contributed by atoms with E-state index in [0.29, 0.717) is 22.4 Å². The maximum absolute atomic E-state index is 6.11.